The first-order valence-corrected chi connectivity index (χ1v) is 12.8. The molecule has 0 saturated carbocycles. The molecular formula is C22H23F7N4O3S2. The summed E-state index contributed by atoms with van der Waals surface area (Å²) >= 11 is 0.313. The van der Waals surface area contributed by atoms with Crippen LogP contribution >= 0.6 is 11.3 Å². The number of anilines is 1. The highest BCUT2D eigenvalue weighted by Gasteiger charge is 2.62. The molecule has 1 aromatic carbocycles. The number of carbonyl (C=O) groups excluding carboxylic acids is 1. The predicted octanol–water partition coefficient (Wildman–Crippen LogP) is 4.01. The Morgan fingerprint density at radius 3 is 2.37 bits per heavy atom. The number of halogens is 7. The molecule has 2 aromatic rings. The maximum atomic E-state index is 13.8. The number of carbonyl (C=O) groups is 1. The number of thiophene rings is 1. The smallest absolute Gasteiger partial charge is 0.369 e. The van der Waals surface area contributed by atoms with Gasteiger partial charge in [0, 0.05) is 45.5 Å². The van der Waals surface area contributed by atoms with Crippen molar-refractivity contribution in [2.45, 2.75) is 35.1 Å². The number of hydrogen-bond donors (Lipinski definition) is 1. The molecule has 1 aromatic heterocycles. The summed E-state index contributed by atoms with van der Waals surface area (Å²) in [6.07, 6.45) is -9.43. The summed E-state index contributed by atoms with van der Waals surface area (Å²) in [5, 5.41) is 10.4. The minimum Gasteiger partial charge on any atom is -0.369 e. The Labute approximate surface area is 219 Å². The van der Waals surface area contributed by atoms with E-state index >= 15 is 0 Å². The fraction of sp³-hybridized carbons (Fsp3) is 0.455. The zero-order chi connectivity index (χ0) is 28.6. The van der Waals surface area contributed by atoms with Gasteiger partial charge in [0.2, 0.25) is 0 Å². The van der Waals surface area contributed by atoms with Crippen LogP contribution in [0.2, 0.25) is 0 Å². The summed E-state index contributed by atoms with van der Waals surface area (Å²) in [6, 6.07) is 3.59. The van der Waals surface area contributed by atoms with Crippen molar-refractivity contribution < 1.29 is 44.8 Å². The van der Waals surface area contributed by atoms with E-state index in [0.29, 0.717) is 17.4 Å². The van der Waals surface area contributed by atoms with Crippen molar-refractivity contribution in [1.82, 2.24) is 9.21 Å². The van der Waals surface area contributed by atoms with Crippen molar-refractivity contribution in [2.75, 3.05) is 38.6 Å². The highest BCUT2D eigenvalue weighted by molar-refractivity contribution is 7.85. The third-order valence-electron chi connectivity index (χ3n) is 5.62. The van der Waals surface area contributed by atoms with Crippen molar-refractivity contribution in [3.05, 3.63) is 46.6 Å². The third kappa shape index (κ3) is 6.02. The number of benzene rings is 1. The molecule has 38 heavy (non-hydrogen) atoms. The molecule has 3 rings (SSSR count). The molecular weight excluding hydrogens is 565 g/mol. The number of hydrogen-bond acceptors (Lipinski definition) is 5. The van der Waals surface area contributed by atoms with Crippen LogP contribution in [0.4, 0.5) is 36.4 Å². The summed E-state index contributed by atoms with van der Waals surface area (Å²) in [6.45, 7) is 1.46. The zero-order valence-corrected chi connectivity index (χ0v) is 21.8. The number of aliphatic hydroxyl groups is 1. The van der Waals surface area contributed by atoms with Crippen LogP contribution in [0.3, 0.4) is 0 Å². The number of alkyl halides is 6. The molecule has 1 aliphatic rings. The third-order valence-corrected chi connectivity index (χ3v) is 8.74. The van der Waals surface area contributed by atoms with Gasteiger partial charge in [0.05, 0.1) is 16.8 Å². The first kappa shape index (κ1) is 30.0. The topological polar surface area (TPSA) is 76.5 Å². The Kier molecular flexibility index (Phi) is 8.60. The fourth-order valence-corrected chi connectivity index (χ4v) is 6.51. The molecule has 0 radical (unpaired) electrons. The average Bonchev–Trinajstić information content (AvgIpc) is 3.30. The van der Waals surface area contributed by atoms with Gasteiger partial charge in [0.25, 0.3) is 11.5 Å². The van der Waals surface area contributed by atoms with E-state index in [9.17, 15) is 44.8 Å². The van der Waals surface area contributed by atoms with Crippen LogP contribution in [0.15, 0.2) is 39.5 Å². The summed E-state index contributed by atoms with van der Waals surface area (Å²) < 4.78 is 110. The Balaban J connectivity index is 1.84. The lowest BCUT2D eigenvalue weighted by molar-refractivity contribution is -0.254. The van der Waals surface area contributed by atoms with Crippen molar-refractivity contribution in [1.29, 1.82) is 0 Å². The lowest BCUT2D eigenvalue weighted by Gasteiger charge is -2.40. The summed E-state index contributed by atoms with van der Waals surface area (Å²) in [4.78, 5) is 17.2. The molecule has 0 spiro atoms. The van der Waals surface area contributed by atoms with Gasteiger partial charge in [-0.2, -0.15) is 26.3 Å². The van der Waals surface area contributed by atoms with Gasteiger partial charge in [-0.15, -0.1) is 11.3 Å². The quantitative estimate of drug-likeness (QED) is 0.314. The molecule has 1 fully saturated rings. The molecule has 210 valence electrons. The van der Waals surface area contributed by atoms with Gasteiger partial charge in [0.15, 0.2) is 0 Å². The van der Waals surface area contributed by atoms with Gasteiger partial charge in [-0.25, -0.2) is 17.9 Å². The first-order chi connectivity index (χ1) is 17.5. The SMILES string of the molecule is CC1CN(c2ccc(F)cc2C(F)(F)F)CCN1S(=O)c1ccc(C(O)(C(=O)N=CN(C)C)C(F)(F)F)s1. The molecule has 2 heterocycles. The minimum absolute atomic E-state index is 0.0345. The van der Waals surface area contributed by atoms with Gasteiger partial charge >= 0.3 is 12.4 Å². The van der Waals surface area contributed by atoms with Crippen molar-refractivity contribution in [2.24, 2.45) is 4.99 Å². The van der Waals surface area contributed by atoms with Crippen molar-refractivity contribution in [3.8, 4) is 0 Å². The second kappa shape index (κ2) is 10.9. The largest absolute Gasteiger partial charge is 0.431 e. The highest BCUT2D eigenvalue weighted by Crippen LogP contribution is 2.44. The summed E-state index contributed by atoms with van der Waals surface area (Å²) in [5.41, 5.74) is -5.37. The van der Waals surface area contributed by atoms with Crippen molar-refractivity contribution in [3.63, 3.8) is 0 Å². The predicted molar refractivity (Wildman–Crippen MR) is 128 cm³/mol. The molecule has 1 N–H and O–H groups in total. The lowest BCUT2D eigenvalue weighted by Crippen LogP contribution is -2.52. The number of rotatable bonds is 6. The maximum Gasteiger partial charge on any atom is 0.431 e. The Hall–Kier alpha value is -2.56. The Morgan fingerprint density at radius 1 is 1.16 bits per heavy atom. The van der Waals surface area contributed by atoms with E-state index in [1.54, 1.807) is 6.92 Å². The van der Waals surface area contributed by atoms with E-state index in [2.05, 4.69) is 4.99 Å². The number of nitrogens with zero attached hydrogens (tertiary/aromatic N) is 4. The first-order valence-electron chi connectivity index (χ1n) is 10.9. The molecule has 1 saturated heterocycles. The molecule has 0 bridgehead atoms. The highest BCUT2D eigenvalue weighted by atomic mass is 32.2. The second-order valence-corrected chi connectivity index (χ2v) is 11.4. The average molecular weight is 589 g/mol. The van der Waals surface area contributed by atoms with Crippen LogP contribution in [0.5, 0.6) is 0 Å². The van der Waals surface area contributed by atoms with Crippen LogP contribution in [0.25, 0.3) is 0 Å². The molecule has 3 unspecified atom stereocenters. The van der Waals surface area contributed by atoms with Crippen molar-refractivity contribution >= 4 is 40.3 Å². The lowest BCUT2D eigenvalue weighted by atomic mass is 10.0. The summed E-state index contributed by atoms with van der Waals surface area (Å²) in [5.74, 6) is -2.92. The van der Waals surface area contributed by atoms with Crippen LogP contribution in [0, 0.1) is 5.82 Å². The van der Waals surface area contributed by atoms with Crippen LogP contribution in [-0.4, -0.2) is 76.7 Å². The van der Waals surface area contributed by atoms with Gasteiger partial charge in [0.1, 0.15) is 21.0 Å². The van der Waals surface area contributed by atoms with Gasteiger partial charge in [-0.1, -0.05) is 0 Å². The van der Waals surface area contributed by atoms with E-state index in [4.69, 9.17) is 0 Å². The van der Waals surface area contributed by atoms with Gasteiger partial charge in [-0.05, 0) is 37.3 Å². The number of amides is 1. The fourth-order valence-electron chi connectivity index (χ4n) is 3.77. The van der Waals surface area contributed by atoms with Crippen LogP contribution in [0.1, 0.15) is 17.4 Å². The van der Waals surface area contributed by atoms with E-state index in [1.165, 1.54) is 28.2 Å². The Bertz CT molecular complexity index is 1230. The molecule has 1 amide bonds. The monoisotopic (exact) mass is 588 g/mol. The van der Waals surface area contributed by atoms with E-state index < -0.39 is 57.1 Å². The van der Waals surface area contributed by atoms with E-state index in [-0.39, 0.29) is 29.5 Å². The Morgan fingerprint density at radius 2 is 1.82 bits per heavy atom. The maximum absolute atomic E-state index is 13.8. The second-order valence-electron chi connectivity index (χ2n) is 8.68. The standard InChI is InChI=1S/C22H23F7N4O3S2/c1-13-11-32(16-5-4-14(23)10-15(16)21(24,25)26)8-9-33(13)38(36)18-7-6-17(37-18)20(35,22(27,28)29)19(34)30-12-31(2)3/h4-7,10,12-13,35H,8-9,11H2,1-3H3. The number of piperazine rings is 1. The van der Waals surface area contributed by atoms with Gasteiger partial charge in [-0.3, -0.25) is 4.79 Å². The number of aliphatic imine (C=N–C) groups is 1. The molecule has 7 nitrogen and oxygen atoms in total. The summed E-state index contributed by atoms with van der Waals surface area (Å²) in [7, 11) is 0.771. The normalized spacial score (nSPS) is 20.0. The molecule has 16 heteroatoms. The van der Waals surface area contributed by atoms with Gasteiger partial charge < -0.3 is 14.9 Å². The molecule has 0 aliphatic carbocycles. The van der Waals surface area contributed by atoms with E-state index in [1.807, 2.05) is 0 Å². The zero-order valence-electron chi connectivity index (χ0n) is 20.2. The molecule has 3 atom stereocenters. The molecule has 1 aliphatic heterocycles. The van der Waals surface area contributed by atoms with Crippen LogP contribution < -0.4 is 4.90 Å². The van der Waals surface area contributed by atoms with Crippen LogP contribution in [-0.2, 0) is 27.6 Å². The van der Waals surface area contributed by atoms with E-state index in [0.717, 1.165) is 30.6 Å². The minimum atomic E-state index is -5.43.